The molecule has 1 heterocycles. The van der Waals surface area contributed by atoms with Gasteiger partial charge in [0.1, 0.15) is 23.9 Å². The third-order valence-corrected chi connectivity index (χ3v) is 6.56. The quantitative estimate of drug-likeness (QED) is 0.172. The fourth-order valence-electron chi connectivity index (χ4n) is 4.39. The second kappa shape index (κ2) is 14.6. The average Bonchev–Trinajstić information content (AvgIpc) is 3.47. The van der Waals surface area contributed by atoms with Crippen LogP contribution in [0.4, 0.5) is 0 Å². The normalized spacial score (nSPS) is 16.8. The second-order valence-corrected chi connectivity index (χ2v) is 9.66. The summed E-state index contributed by atoms with van der Waals surface area (Å²) < 4.78 is 0. The lowest BCUT2D eigenvalue weighted by molar-refractivity contribution is -0.143. The monoisotopic (exact) mass is 554 g/mol. The molecule has 214 valence electrons. The number of carbonyl (C=O) groups excluding carboxylic acids is 3. The van der Waals surface area contributed by atoms with Gasteiger partial charge in [-0.1, -0.05) is 42.5 Å². The van der Waals surface area contributed by atoms with E-state index in [0.29, 0.717) is 18.5 Å². The number of phenolic OH excluding ortho intramolecular Hbond substituents is 1. The molecule has 0 bridgehead atoms. The molecule has 4 atom stereocenters. The van der Waals surface area contributed by atoms with Gasteiger partial charge in [-0.2, -0.15) is 0 Å². The van der Waals surface area contributed by atoms with Gasteiger partial charge in [-0.3, -0.25) is 19.2 Å². The summed E-state index contributed by atoms with van der Waals surface area (Å²) in [6, 6.07) is 10.5. The molecule has 1 saturated heterocycles. The van der Waals surface area contributed by atoms with Crippen molar-refractivity contribution in [1.82, 2.24) is 21.3 Å². The van der Waals surface area contributed by atoms with Crippen molar-refractivity contribution in [3.8, 4) is 5.75 Å². The zero-order chi connectivity index (χ0) is 29.1. The van der Waals surface area contributed by atoms with Crippen LogP contribution >= 0.6 is 0 Å². The summed E-state index contributed by atoms with van der Waals surface area (Å²) in [4.78, 5) is 62.5. The highest BCUT2D eigenvalue weighted by atomic mass is 16.4. The third-order valence-electron chi connectivity index (χ3n) is 6.56. The van der Waals surface area contributed by atoms with E-state index in [0.717, 1.165) is 12.0 Å². The van der Waals surface area contributed by atoms with Gasteiger partial charge in [0.25, 0.3) is 0 Å². The molecule has 40 heavy (non-hydrogen) atoms. The molecule has 0 spiro atoms. The Labute approximate surface area is 231 Å². The molecule has 7 N–H and O–H groups in total. The number of nitrogens with one attached hydrogen (secondary N) is 4. The van der Waals surface area contributed by atoms with E-state index in [-0.39, 0.29) is 30.9 Å². The first-order chi connectivity index (χ1) is 19.1. The lowest BCUT2D eigenvalue weighted by atomic mass is 10.0. The summed E-state index contributed by atoms with van der Waals surface area (Å²) >= 11 is 0. The van der Waals surface area contributed by atoms with Crippen LogP contribution in [0, 0.1) is 0 Å². The first kappa shape index (κ1) is 30.1. The van der Waals surface area contributed by atoms with Crippen LogP contribution < -0.4 is 21.3 Å². The first-order valence-electron chi connectivity index (χ1n) is 13.0. The van der Waals surface area contributed by atoms with Crippen molar-refractivity contribution in [3.63, 3.8) is 0 Å². The van der Waals surface area contributed by atoms with Gasteiger partial charge in [0.15, 0.2) is 0 Å². The maximum absolute atomic E-state index is 13.4. The Morgan fingerprint density at radius 3 is 2.00 bits per heavy atom. The highest BCUT2D eigenvalue weighted by molar-refractivity contribution is 5.94. The number of carboxylic acid groups (broad SMARTS) is 2. The number of carbonyl (C=O) groups is 5. The van der Waals surface area contributed by atoms with Crippen molar-refractivity contribution in [2.75, 3.05) is 6.54 Å². The Bertz CT molecular complexity index is 1180. The number of aromatic hydroxyl groups is 1. The van der Waals surface area contributed by atoms with Crippen molar-refractivity contribution in [1.29, 1.82) is 0 Å². The van der Waals surface area contributed by atoms with Crippen molar-refractivity contribution >= 4 is 29.7 Å². The standard InChI is InChI=1S/C28H34N4O8/c33-19-10-8-18(9-11-19)16-23(28(39)40)32-26(37)21(12-13-24(34)35)30-27(38)22(15-17-5-2-1-3-6-17)31-25(36)20-7-4-14-29-20/h1-3,5-6,8-11,20-23,29,33H,4,7,12-16H2,(H,30,38)(H,31,36)(H,32,37)(H,34,35)(H,39,40). The van der Waals surface area contributed by atoms with Crippen molar-refractivity contribution in [2.45, 2.75) is 62.7 Å². The van der Waals surface area contributed by atoms with Crippen LogP contribution in [0.15, 0.2) is 54.6 Å². The van der Waals surface area contributed by atoms with Crippen LogP contribution in [0.25, 0.3) is 0 Å². The molecule has 3 amide bonds. The van der Waals surface area contributed by atoms with Gasteiger partial charge in [-0.15, -0.1) is 0 Å². The predicted octanol–water partition coefficient (Wildman–Crippen LogP) is 0.333. The summed E-state index contributed by atoms with van der Waals surface area (Å²) in [5.41, 5.74) is 1.29. The van der Waals surface area contributed by atoms with Gasteiger partial charge in [0, 0.05) is 19.3 Å². The Morgan fingerprint density at radius 2 is 1.40 bits per heavy atom. The van der Waals surface area contributed by atoms with Crippen LogP contribution in [0.5, 0.6) is 5.75 Å². The molecule has 12 heteroatoms. The van der Waals surface area contributed by atoms with Gasteiger partial charge in [-0.25, -0.2) is 4.79 Å². The Kier molecular flexibility index (Phi) is 11.0. The van der Waals surface area contributed by atoms with E-state index in [1.165, 1.54) is 24.3 Å². The molecule has 4 unspecified atom stereocenters. The summed E-state index contributed by atoms with van der Waals surface area (Å²) in [5.74, 6) is -4.47. The molecular formula is C28H34N4O8. The number of carboxylic acids is 2. The first-order valence-corrected chi connectivity index (χ1v) is 13.0. The molecule has 2 aromatic carbocycles. The molecule has 1 aliphatic heterocycles. The summed E-state index contributed by atoms with van der Waals surface area (Å²) in [6.45, 7) is 0.681. The molecule has 0 aliphatic carbocycles. The van der Waals surface area contributed by atoms with E-state index in [2.05, 4.69) is 21.3 Å². The fourth-order valence-corrected chi connectivity index (χ4v) is 4.39. The zero-order valence-corrected chi connectivity index (χ0v) is 21.8. The van der Waals surface area contributed by atoms with E-state index >= 15 is 0 Å². The van der Waals surface area contributed by atoms with E-state index in [9.17, 15) is 39.3 Å². The van der Waals surface area contributed by atoms with Gasteiger partial charge in [-0.05, 0) is 49.1 Å². The third kappa shape index (κ3) is 9.38. The van der Waals surface area contributed by atoms with Crippen molar-refractivity contribution in [2.24, 2.45) is 0 Å². The van der Waals surface area contributed by atoms with Crippen LogP contribution in [0.3, 0.4) is 0 Å². The lowest BCUT2D eigenvalue weighted by Gasteiger charge is -2.25. The predicted molar refractivity (Wildman–Crippen MR) is 143 cm³/mol. The minimum absolute atomic E-state index is 0.00281. The summed E-state index contributed by atoms with van der Waals surface area (Å²) in [5, 5.41) is 39.0. The highest BCUT2D eigenvalue weighted by Gasteiger charge is 2.32. The summed E-state index contributed by atoms with van der Waals surface area (Å²) in [6.07, 6.45) is 0.691. The van der Waals surface area contributed by atoms with E-state index < -0.39 is 54.3 Å². The molecule has 12 nitrogen and oxygen atoms in total. The Hall–Kier alpha value is -4.45. The van der Waals surface area contributed by atoms with Crippen LogP contribution in [-0.2, 0) is 36.8 Å². The van der Waals surface area contributed by atoms with Gasteiger partial charge < -0.3 is 36.6 Å². The molecule has 3 rings (SSSR count). The zero-order valence-electron chi connectivity index (χ0n) is 21.8. The second-order valence-electron chi connectivity index (χ2n) is 9.66. The molecule has 1 fully saturated rings. The summed E-state index contributed by atoms with van der Waals surface area (Å²) in [7, 11) is 0. The largest absolute Gasteiger partial charge is 0.508 e. The van der Waals surface area contributed by atoms with Gasteiger partial charge in [0.2, 0.25) is 17.7 Å². The number of hydrogen-bond acceptors (Lipinski definition) is 7. The van der Waals surface area contributed by atoms with Crippen LogP contribution in [0.1, 0.15) is 36.8 Å². The van der Waals surface area contributed by atoms with Crippen LogP contribution in [0.2, 0.25) is 0 Å². The van der Waals surface area contributed by atoms with Crippen molar-refractivity contribution in [3.05, 3.63) is 65.7 Å². The van der Waals surface area contributed by atoms with Crippen molar-refractivity contribution < 1.29 is 39.3 Å². The molecule has 0 radical (unpaired) electrons. The molecule has 2 aromatic rings. The molecule has 0 saturated carbocycles. The van der Waals surface area contributed by atoms with Crippen LogP contribution in [-0.4, -0.2) is 75.7 Å². The number of amides is 3. The lowest BCUT2D eigenvalue weighted by Crippen LogP contribution is -2.57. The minimum Gasteiger partial charge on any atom is -0.508 e. The molecule has 0 aromatic heterocycles. The van der Waals surface area contributed by atoms with Gasteiger partial charge >= 0.3 is 11.9 Å². The number of rotatable bonds is 14. The van der Waals surface area contributed by atoms with E-state index in [4.69, 9.17) is 0 Å². The Balaban J connectivity index is 1.75. The number of phenols is 1. The number of hydrogen-bond donors (Lipinski definition) is 7. The molecular weight excluding hydrogens is 520 g/mol. The minimum atomic E-state index is -1.38. The van der Waals surface area contributed by atoms with E-state index in [1.54, 1.807) is 24.3 Å². The maximum atomic E-state index is 13.4. The molecule has 1 aliphatic rings. The Morgan fingerprint density at radius 1 is 0.800 bits per heavy atom. The maximum Gasteiger partial charge on any atom is 0.326 e. The number of aliphatic carboxylic acids is 2. The van der Waals surface area contributed by atoms with Gasteiger partial charge in [0.05, 0.1) is 6.04 Å². The average molecular weight is 555 g/mol. The SMILES string of the molecule is O=C(O)CCC(NC(=O)C(Cc1ccccc1)NC(=O)C1CCCN1)C(=O)NC(Cc1ccc(O)cc1)C(=O)O. The topological polar surface area (TPSA) is 194 Å². The number of benzene rings is 2. The smallest absolute Gasteiger partial charge is 0.326 e. The fraction of sp³-hybridized carbons (Fsp3) is 0.393. The highest BCUT2D eigenvalue weighted by Crippen LogP contribution is 2.13. The van der Waals surface area contributed by atoms with E-state index in [1.807, 2.05) is 6.07 Å².